The number of fused-ring (bicyclic) bond motifs is 1. The summed E-state index contributed by atoms with van der Waals surface area (Å²) in [4.78, 5) is 13.2. The van der Waals surface area contributed by atoms with E-state index in [2.05, 4.69) is 10.2 Å². The molecule has 1 aromatic carbocycles. The van der Waals surface area contributed by atoms with Gasteiger partial charge < -0.3 is 14.0 Å². The minimum Gasteiger partial charge on any atom is -0.497 e. The fourth-order valence-corrected chi connectivity index (χ4v) is 2.40. The Morgan fingerprint density at radius 3 is 2.57 bits per heavy atom. The molecule has 2 aromatic rings. The minimum atomic E-state index is -0.338. The van der Waals surface area contributed by atoms with Gasteiger partial charge in [-0.25, -0.2) is 4.79 Å². The molecule has 0 bridgehead atoms. The second-order valence-corrected chi connectivity index (χ2v) is 4.71. The zero-order chi connectivity index (χ0) is 14.8. The van der Waals surface area contributed by atoms with Crippen molar-refractivity contribution in [2.24, 2.45) is 0 Å². The van der Waals surface area contributed by atoms with Crippen molar-refractivity contribution in [3.05, 3.63) is 30.1 Å². The van der Waals surface area contributed by atoms with E-state index in [1.54, 1.807) is 12.0 Å². The van der Waals surface area contributed by atoms with E-state index in [0.717, 1.165) is 23.0 Å². The Kier molecular flexibility index (Phi) is 3.47. The number of hydrogen-bond donors (Lipinski definition) is 0. The zero-order valence-corrected chi connectivity index (χ0v) is 11.9. The van der Waals surface area contributed by atoms with Crippen LogP contribution in [0.2, 0.25) is 0 Å². The van der Waals surface area contributed by atoms with Gasteiger partial charge in [0.1, 0.15) is 5.75 Å². The Balaban J connectivity index is 1.87. The molecule has 21 heavy (non-hydrogen) atoms. The number of benzene rings is 1. The highest BCUT2D eigenvalue weighted by molar-refractivity contribution is 5.67. The molecule has 0 radical (unpaired) electrons. The van der Waals surface area contributed by atoms with Crippen LogP contribution in [-0.4, -0.2) is 46.5 Å². The van der Waals surface area contributed by atoms with Crippen LogP contribution in [0, 0.1) is 0 Å². The molecule has 0 N–H and O–H groups in total. The largest absolute Gasteiger partial charge is 0.497 e. The molecule has 0 fully saturated rings. The van der Waals surface area contributed by atoms with Gasteiger partial charge in [-0.05, 0) is 24.3 Å². The van der Waals surface area contributed by atoms with E-state index >= 15 is 0 Å². The molecule has 0 unspecified atom stereocenters. The number of nitrogens with zero attached hydrogens (tertiary/aromatic N) is 4. The topological polar surface area (TPSA) is 69.5 Å². The van der Waals surface area contributed by atoms with Gasteiger partial charge in [-0.15, -0.1) is 10.2 Å². The summed E-state index contributed by atoms with van der Waals surface area (Å²) in [6.07, 6.45) is -0.338. The first-order valence-electron chi connectivity index (χ1n) is 6.62. The maximum atomic E-state index is 11.6. The molecule has 0 atom stereocenters. The van der Waals surface area contributed by atoms with Crippen LogP contribution in [0.1, 0.15) is 5.82 Å². The summed E-state index contributed by atoms with van der Waals surface area (Å²) in [5.41, 5.74) is 0.973. The smallest absolute Gasteiger partial charge is 0.409 e. The highest BCUT2D eigenvalue weighted by Gasteiger charge is 2.25. The van der Waals surface area contributed by atoms with E-state index in [1.807, 2.05) is 28.8 Å². The fourth-order valence-electron chi connectivity index (χ4n) is 2.40. The number of methoxy groups -OCH3 is 2. The van der Waals surface area contributed by atoms with Gasteiger partial charge in [0.2, 0.25) is 0 Å². The highest BCUT2D eigenvalue weighted by Crippen LogP contribution is 2.23. The lowest BCUT2D eigenvalue weighted by molar-refractivity contribution is 0.111. The summed E-state index contributed by atoms with van der Waals surface area (Å²) in [7, 11) is 3.01. The summed E-state index contributed by atoms with van der Waals surface area (Å²) in [6, 6.07) is 7.67. The van der Waals surface area contributed by atoms with Crippen LogP contribution in [0.25, 0.3) is 11.4 Å². The van der Waals surface area contributed by atoms with Crippen LogP contribution in [0.4, 0.5) is 4.79 Å². The summed E-state index contributed by atoms with van der Waals surface area (Å²) >= 11 is 0. The number of hydrogen-bond acceptors (Lipinski definition) is 5. The van der Waals surface area contributed by atoms with Gasteiger partial charge in [0.15, 0.2) is 11.6 Å². The summed E-state index contributed by atoms with van der Waals surface area (Å²) in [5.74, 6) is 2.36. The molecular weight excluding hydrogens is 272 g/mol. The Labute approximate surface area is 122 Å². The third-order valence-corrected chi connectivity index (χ3v) is 3.53. The van der Waals surface area contributed by atoms with Crippen LogP contribution in [0.3, 0.4) is 0 Å². The molecule has 110 valence electrons. The second kappa shape index (κ2) is 5.43. The summed E-state index contributed by atoms with van der Waals surface area (Å²) in [6.45, 7) is 1.65. The van der Waals surface area contributed by atoms with Gasteiger partial charge >= 0.3 is 6.09 Å². The molecule has 3 rings (SSSR count). The van der Waals surface area contributed by atoms with Gasteiger partial charge in [-0.1, -0.05) is 0 Å². The van der Waals surface area contributed by atoms with Crippen LogP contribution in [0.5, 0.6) is 5.75 Å². The first-order valence-corrected chi connectivity index (χ1v) is 6.62. The Hall–Kier alpha value is -2.57. The van der Waals surface area contributed by atoms with Crippen molar-refractivity contribution in [3.8, 4) is 17.1 Å². The maximum absolute atomic E-state index is 11.6. The molecule has 0 saturated carbocycles. The first-order chi connectivity index (χ1) is 10.2. The molecule has 7 nitrogen and oxygen atoms in total. The van der Waals surface area contributed by atoms with Crippen molar-refractivity contribution in [2.45, 2.75) is 13.1 Å². The summed E-state index contributed by atoms with van der Waals surface area (Å²) in [5, 5.41) is 8.41. The van der Waals surface area contributed by atoms with Crippen LogP contribution < -0.4 is 4.74 Å². The van der Waals surface area contributed by atoms with Gasteiger partial charge in [0.05, 0.1) is 20.8 Å². The normalized spacial score (nSPS) is 13.7. The fraction of sp³-hybridized carbons (Fsp3) is 0.357. The van der Waals surface area contributed by atoms with E-state index in [4.69, 9.17) is 9.47 Å². The second-order valence-electron chi connectivity index (χ2n) is 4.71. The molecule has 0 saturated heterocycles. The predicted octanol–water partition coefficient (Wildman–Crippen LogP) is 1.54. The van der Waals surface area contributed by atoms with Crippen molar-refractivity contribution in [1.82, 2.24) is 19.7 Å². The number of aromatic nitrogens is 3. The van der Waals surface area contributed by atoms with Crippen molar-refractivity contribution in [3.63, 3.8) is 0 Å². The molecule has 1 amide bonds. The molecule has 2 heterocycles. The summed E-state index contributed by atoms with van der Waals surface area (Å²) < 4.78 is 11.9. The van der Waals surface area contributed by atoms with Crippen molar-refractivity contribution in [2.75, 3.05) is 20.8 Å². The standard InChI is InChI=1S/C14H16N4O3/c1-20-11-5-3-10(4-6-11)13-16-15-12-9-17(14(19)21-2)7-8-18(12)13/h3-6H,7-9H2,1-2H3. The van der Waals surface area contributed by atoms with Gasteiger partial charge in [0.25, 0.3) is 0 Å². The van der Waals surface area contributed by atoms with Crippen LogP contribution in [0.15, 0.2) is 24.3 Å². The third-order valence-electron chi connectivity index (χ3n) is 3.53. The minimum absolute atomic E-state index is 0.338. The van der Waals surface area contributed by atoms with Crippen molar-refractivity contribution < 1.29 is 14.3 Å². The van der Waals surface area contributed by atoms with Gasteiger partial charge in [-0.3, -0.25) is 4.90 Å². The number of carbonyl (C=O) groups is 1. The average molecular weight is 288 g/mol. The Morgan fingerprint density at radius 1 is 1.14 bits per heavy atom. The number of ether oxygens (including phenoxy) is 2. The molecular formula is C14H16N4O3. The SMILES string of the molecule is COC(=O)N1CCn2c(nnc2-c2ccc(OC)cc2)C1. The Morgan fingerprint density at radius 2 is 1.90 bits per heavy atom. The molecule has 1 aromatic heterocycles. The van der Waals surface area contributed by atoms with Crippen LogP contribution >= 0.6 is 0 Å². The lowest BCUT2D eigenvalue weighted by Crippen LogP contribution is -2.38. The lowest BCUT2D eigenvalue weighted by atomic mass is 10.2. The monoisotopic (exact) mass is 288 g/mol. The maximum Gasteiger partial charge on any atom is 0.409 e. The molecule has 1 aliphatic heterocycles. The zero-order valence-electron chi connectivity index (χ0n) is 11.9. The predicted molar refractivity (Wildman–Crippen MR) is 74.8 cm³/mol. The van der Waals surface area contributed by atoms with E-state index in [9.17, 15) is 4.79 Å². The van der Waals surface area contributed by atoms with Crippen molar-refractivity contribution >= 4 is 6.09 Å². The lowest BCUT2D eigenvalue weighted by Gasteiger charge is -2.26. The van der Waals surface area contributed by atoms with Crippen molar-refractivity contribution in [1.29, 1.82) is 0 Å². The first kappa shape index (κ1) is 13.4. The number of amides is 1. The van der Waals surface area contributed by atoms with Gasteiger partial charge in [-0.2, -0.15) is 0 Å². The van der Waals surface area contributed by atoms with Gasteiger partial charge in [0, 0.05) is 18.7 Å². The quantitative estimate of drug-likeness (QED) is 0.838. The average Bonchev–Trinajstić information content (AvgIpc) is 2.97. The van der Waals surface area contributed by atoms with E-state index in [1.165, 1.54) is 7.11 Å². The van der Waals surface area contributed by atoms with E-state index in [-0.39, 0.29) is 6.09 Å². The molecule has 0 spiro atoms. The molecule has 0 aliphatic carbocycles. The highest BCUT2D eigenvalue weighted by atomic mass is 16.5. The number of carbonyl (C=O) groups excluding carboxylic acids is 1. The molecule has 1 aliphatic rings. The molecule has 7 heteroatoms. The van der Waals surface area contributed by atoms with E-state index in [0.29, 0.717) is 19.6 Å². The van der Waals surface area contributed by atoms with E-state index < -0.39 is 0 Å². The third kappa shape index (κ3) is 2.42. The Bertz CT molecular complexity index is 651. The van der Waals surface area contributed by atoms with Crippen LogP contribution in [-0.2, 0) is 17.8 Å². The number of rotatable bonds is 2.